The Hall–Kier alpha value is -0.700. The van der Waals surface area contributed by atoms with Crippen LogP contribution in [0.15, 0.2) is 22.7 Å². The summed E-state index contributed by atoms with van der Waals surface area (Å²) in [6.07, 6.45) is 2.54. The van der Waals surface area contributed by atoms with Crippen molar-refractivity contribution >= 4 is 21.7 Å². The number of ketones is 1. The van der Waals surface area contributed by atoms with Gasteiger partial charge in [0.2, 0.25) is 0 Å². The summed E-state index contributed by atoms with van der Waals surface area (Å²) in [5.41, 5.74) is 0.577. The molecule has 0 N–H and O–H groups in total. The van der Waals surface area contributed by atoms with E-state index in [9.17, 15) is 9.18 Å². The molecule has 0 aliphatic rings. The van der Waals surface area contributed by atoms with Crippen LogP contribution >= 0.6 is 15.9 Å². The number of hydrogen-bond acceptors (Lipinski definition) is 1. The molecule has 0 amide bonds. The predicted octanol–water partition coefficient (Wildman–Crippen LogP) is 4.60. The fraction of sp³-hybridized carbons (Fsp3) is 0.462. The van der Waals surface area contributed by atoms with Crippen LogP contribution in [0.3, 0.4) is 0 Å². The first-order chi connectivity index (χ1) is 7.58. The topological polar surface area (TPSA) is 17.1 Å². The van der Waals surface area contributed by atoms with Crippen molar-refractivity contribution in [2.24, 2.45) is 5.92 Å². The number of hydrogen-bond donors (Lipinski definition) is 0. The van der Waals surface area contributed by atoms with Gasteiger partial charge in [0, 0.05) is 16.5 Å². The van der Waals surface area contributed by atoms with Crippen LogP contribution in [0.5, 0.6) is 0 Å². The molecule has 0 radical (unpaired) electrons. The predicted molar refractivity (Wildman–Crippen MR) is 67.1 cm³/mol. The molecule has 1 rings (SSSR count). The third-order valence-electron chi connectivity index (χ3n) is 2.86. The molecule has 0 fully saturated rings. The standard InChI is InChI=1S/C13H16BrFO/c1-3-9(4-2)7-13(16)11-6-5-10(15)8-12(11)14/h5-6,8-9H,3-4,7H2,1-2H3. The van der Waals surface area contributed by atoms with E-state index < -0.39 is 0 Å². The van der Waals surface area contributed by atoms with Crippen LogP contribution < -0.4 is 0 Å². The highest BCUT2D eigenvalue weighted by Crippen LogP contribution is 2.22. The highest BCUT2D eigenvalue weighted by atomic mass is 79.9. The minimum Gasteiger partial charge on any atom is -0.294 e. The fourth-order valence-corrected chi connectivity index (χ4v) is 2.24. The SMILES string of the molecule is CCC(CC)CC(=O)c1ccc(F)cc1Br. The maximum Gasteiger partial charge on any atom is 0.164 e. The molecule has 1 aromatic rings. The zero-order valence-electron chi connectivity index (χ0n) is 9.59. The number of halogens is 2. The average molecular weight is 287 g/mol. The van der Waals surface area contributed by atoms with Gasteiger partial charge in [-0.15, -0.1) is 0 Å². The molecule has 0 saturated heterocycles. The molecule has 0 atom stereocenters. The lowest BCUT2D eigenvalue weighted by Crippen LogP contribution is -2.08. The van der Waals surface area contributed by atoms with E-state index >= 15 is 0 Å². The van der Waals surface area contributed by atoms with Gasteiger partial charge in [0.1, 0.15) is 5.82 Å². The van der Waals surface area contributed by atoms with Crippen molar-refractivity contribution in [3.8, 4) is 0 Å². The molecular formula is C13H16BrFO. The molecule has 0 heterocycles. The van der Waals surface area contributed by atoms with Crippen LogP contribution in [0.4, 0.5) is 4.39 Å². The third-order valence-corrected chi connectivity index (χ3v) is 3.52. The first kappa shape index (κ1) is 13.4. The van der Waals surface area contributed by atoms with E-state index in [1.165, 1.54) is 12.1 Å². The number of carbonyl (C=O) groups excluding carboxylic acids is 1. The largest absolute Gasteiger partial charge is 0.294 e. The zero-order valence-corrected chi connectivity index (χ0v) is 11.2. The summed E-state index contributed by atoms with van der Waals surface area (Å²) >= 11 is 3.22. The van der Waals surface area contributed by atoms with Gasteiger partial charge in [-0.05, 0) is 40.0 Å². The summed E-state index contributed by atoms with van der Waals surface area (Å²) in [7, 11) is 0. The molecule has 0 aliphatic heterocycles. The van der Waals surface area contributed by atoms with E-state index in [2.05, 4.69) is 29.8 Å². The van der Waals surface area contributed by atoms with E-state index in [0.29, 0.717) is 22.4 Å². The monoisotopic (exact) mass is 286 g/mol. The van der Waals surface area contributed by atoms with Gasteiger partial charge in [0.15, 0.2) is 5.78 Å². The Balaban J connectivity index is 2.80. The molecule has 16 heavy (non-hydrogen) atoms. The van der Waals surface area contributed by atoms with Crippen molar-refractivity contribution in [3.63, 3.8) is 0 Å². The summed E-state index contributed by atoms with van der Waals surface area (Å²) in [6, 6.07) is 4.20. The molecule has 0 bridgehead atoms. The molecule has 0 aromatic heterocycles. The quantitative estimate of drug-likeness (QED) is 0.723. The van der Waals surface area contributed by atoms with E-state index in [4.69, 9.17) is 0 Å². The molecule has 3 heteroatoms. The third kappa shape index (κ3) is 3.41. The number of rotatable bonds is 5. The highest BCUT2D eigenvalue weighted by molar-refractivity contribution is 9.10. The van der Waals surface area contributed by atoms with Crippen LogP contribution in [0.1, 0.15) is 43.5 Å². The van der Waals surface area contributed by atoms with Crippen LogP contribution in [-0.4, -0.2) is 5.78 Å². The van der Waals surface area contributed by atoms with E-state index in [-0.39, 0.29) is 11.6 Å². The second-order valence-corrected chi connectivity index (χ2v) is 4.79. The fourth-order valence-electron chi connectivity index (χ4n) is 1.67. The number of Topliss-reactive ketones (excluding diaryl/α,β-unsaturated/α-hetero) is 1. The Morgan fingerprint density at radius 2 is 2.00 bits per heavy atom. The van der Waals surface area contributed by atoms with Crippen molar-refractivity contribution < 1.29 is 9.18 Å². The van der Waals surface area contributed by atoms with Gasteiger partial charge in [0.25, 0.3) is 0 Å². The van der Waals surface area contributed by atoms with E-state index in [1.54, 1.807) is 6.07 Å². The molecule has 0 spiro atoms. The summed E-state index contributed by atoms with van der Waals surface area (Å²) in [4.78, 5) is 12.0. The maximum atomic E-state index is 12.9. The molecular weight excluding hydrogens is 271 g/mol. The molecule has 0 unspecified atom stereocenters. The minimum absolute atomic E-state index is 0.0839. The lowest BCUT2D eigenvalue weighted by atomic mass is 9.94. The Kier molecular flexibility index (Phi) is 5.13. The van der Waals surface area contributed by atoms with Crippen LogP contribution in [0.25, 0.3) is 0 Å². The van der Waals surface area contributed by atoms with Crippen molar-refractivity contribution in [2.45, 2.75) is 33.1 Å². The van der Waals surface area contributed by atoms with Gasteiger partial charge in [-0.3, -0.25) is 4.79 Å². The molecule has 1 nitrogen and oxygen atoms in total. The van der Waals surface area contributed by atoms with E-state index in [0.717, 1.165) is 12.8 Å². The highest BCUT2D eigenvalue weighted by Gasteiger charge is 2.15. The van der Waals surface area contributed by atoms with Crippen molar-refractivity contribution in [3.05, 3.63) is 34.1 Å². The second kappa shape index (κ2) is 6.14. The molecule has 88 valence electrons. The van der Waals surface area contributed by atoms with Crippen molar-refractivity contribution in [2.75, 3.05) is 0 Å². The second-order valence-electron chi connectivity index (χ2n) is 3.93. The Morgan fingerprint density at radius 1 is 1.38 bits per heavy atom. The summed E-state index contributed by atoms with van der Waals surface area (Å²) in [6.45, 7) is 4.17. The summed E-state index contributed by atoms with van der Waals surface area (Å²) in [5.74, 6) is 0.177. The van der Waals surface area contributed by atoms with Gasteiger partial charge in [0.05, 0.1) is 0 Å². The van der Waals surface area contributed by atoms with Gasteiger partial charge < -0.3 is 0 Å². The smallest absolute Gasteiger partial charge is 0.164 e. The van der Waals surface area contributed by atoms with Crippen molar-refractivity contribution in [1.82, 2.24) is 0 Å². The van der Waals surface area contributed by atoms with Gasteiger partial charge >= 0.3 is 0 Å². The molecule has 0 saturated carbocycles. The van der Waals surface area contributed by atoms with Gasteiger partial charge in [-0.1, -0.05) is 26.7 Å². The van der Waals surface area contributed by atoms with Crippen molar-refractivity contribution in [1.29, 1.82) is 0 Å². The average Bonchev–Trinajstić information content (AvgIpc) is 2.25. The van der Waals surface area contributed by atoms with Gasteiger partial charge in [-0.25, -0.2) is 4.39 Å². The normalized spacial score (nSPS) is 10.8. The Morgan fingerprint density at radius 3 is 2.50 bits per heavy atom. The van der Waals surface area contributed by atoms with Crippen LogP contribution in [0, 0.1) is 11.7 Å². The van der Waals surface area contributed by atoms with Crippen LogP contribution in [-0.2, 0) is 0 Å². The maximum absolute atomic E-state index is 12.9. The molecule has 0 aliphatic carbocycles. The first-order valence-electron chi connectivity index (χ1n) is 5.56. The first-order valence-corrected chi connectivity index (χ1v) is 6.36. The zero-order chi connectivity index (χ0) is 12.1. The minimum atomic E-state index is -0.328. The Bertz CT molecular complexity index is 372. The molecule has 1 aromatic carbocycles. The lowest BCUT2D eigenvalue weighted by molar-refractivity contribution is 0.0958. The number of benzene rings is 1. The lowest BCUT2D eigenvalue weighted by Gasteiger charge is -2.11. The summed E-state index contributed by atoms with van der Waals surface area (Å²) < 4.78 is 13.4. The van der Waals surface area contributed by atoms with E-state index in [1.807, 2.05) is 0 Å². The number of carbonyl (C=O) groups is 1. The van der Waals surface area contributed by atoms with Crippen LogP contribution in [0.2, 0.25) is 0 Å². The summed E-state index contributed by atoms with van der Waals surface area (Å²) in [5, 5.41) is 0. The Labute approximate surface area is 104 Å². The van der Waals surface area contributed by atoms with Gasteiger partial charge in [-0.2, -0.15) is 0 Å².